The van der Waals surface area contributed by atoms with E-state index in [2.05, 4.69) is 103 Å². The lowest BCUT2D eigenvalue weighted by atomic mass is 9.60. The molecule has 36 heavy (non-hydrogen) atoms. The quantitative estimate of drug-likeness (QED) is 0.391. The van der Waals surface area contributed by atoms with Gasteiger partial charge in [0.1, 0.15) is 11.5 Å². The first kappa shape index (κ1) is 20.1. The normalized spacial score (nSPS) is 22.4. The van der Waals surface area contributed by atoms with E-state index in [1.54, 1.807) is 0 Å². The molecule has 0 amide bonds. The first-order chi connectivity index (χ1) is 17.9. The van der Waals surface area contributed by atoms with Crippen LogP contribution in [0.1, 0.15) is 41.6 Å². The van der Waals surface area contributed by atoms with Gasteiger partial charge in [0.05, 0.1) is 11.1 Å². The molecule has 2 nitrogen and oxygen atoms in total. The first-order valence-electron chi connectivity index (χ1n) is 12.9. The number of allylic oxidation sites excluding steroid dienone is 11. The van der Waals surface area contributed by atoms with E-state index in [0.29, 0.717) is 0 Å². The molecule has 0 saturated heterocycles. The van der Waals surface area contributed by atoms with Crippen LogP contribution in [0.3, 0.4) is 0 Å². The van der Waals surface area contributed by atoms with Crippen LogP contribution in [0.4, 0.5) is 0 Å². The van der Waals surface area contributed by atoms with Gasteiger partial charge in [0.15, 0.2) is 0 Å². The van der Waals surface area contributed by atoms with Crippen LogP contribution in [0.25, 0.3) is 5.57 Å². The van der Waals surface area contributed by atoms with Crippen LogP contribution >= 0.6 is 0 Å². The second kappa shape index (κ2) is 7.41. The highest BCUT2D eigenvalue weighted by molar-refractivity contribution is 5.93. The summed E-state index contributed by atoms with van der Waals surface area (Å²) in [5.41, 5.74) is 11.2. The van der Waals surface area contributed by atoms with Crippen LogP contribution in [-0.4, -0.2) is 4.98 Å². The average molecular weight is 464 g/mol. The molecule has 1 aliphatic heterocycles. The molecule has 1 unspecified atom stereocenters. The molecule has 0 N–H and O–H groups in total. The van der Waals surface area contributed by atoms with E-state index in [-0.39, 0.29) is 5.92 Å². The zero-order valence-corrected chi connectivity index (χ0v) is 19.9. The van der Waals surface area contributed by atoms with Crippen LogP contribution in [0.5, 0.6) is 0 Å². The predicted molar refractivity (Wildman–Crippen MR) is 143 cm³/mol. The summed E-state index contributed by atoms with van der Waals surface area (Å²) in [7, 11) is 0. The van der Waals surface area contributed by atoms with Gasteiger partial charge in [0, 0.05) is 35.3 Å². The molecule has 1 atom stereocenters. The van der Waals surface area contributed by atoms with Crippen molar-refractivity contribution in [3.8, 4) is 0 Å². The highest BCUT2D eigenvalue weighted by atomic mass is 16.5. The van der Waals surface area contributed by atoms with E-state index in [1.165, 1.54) is 44.6 Å². The Morgan fingerprint density at radius 1 is 0.806 bits per heavy atom. The zero-order valence-electron chi connectivity index (χ0n) is 19.9. The molecule has 172 valence electrons. The molecule has 8 rings (SSSR count). The summed E-state index contributed by atoms with van der Waals surface area (Å²) in [6.45, 7) is 0. The second-order valence-corrected chi connectivity index (χ2v) is 10.1. The maximum absolute atomic E-state index is 6.58. The molecule has 0 spiro atoms. The van der Waals surface area contributed by atoms with E-state index < -0.39 is 5.41 Å². The summed E-state index contributed by atoms with van der Waals surface area (Å²) in [6.07, 6.45) is 16.4. The van der Waals surface area contributed by atoms with Gasteiger partial charge in [-0.2, -0.15) is 0 Å². The number of benzene rings is 2. The predicted octanol–water partition coefficient (Wildman–Crippen LogP) is 7.59. The fourth-order valence-corrected chi connectivity index (χ4v) is 7.09. The average Bonchev–Trinajstić information content (AvgIpc) is 3.26. The van der Waals surface area contributed by atoms with E-state index in [9.17, 15) is 0 Å². The lowest BCUT2D eigenvalue weighted by Crippen LogP contribution is -2.36. The highest BCUT2D eigenvalue weighted by Gasteiger charge is 2.53. The summed E-state index contributed by atoms with van der Waals surface area (Å²) in [5, 5.41) is 0. The van der Waals surface area contributed by atoms with Gasteiger partial charge in [-0.1, -0.05) is 85.0 Å². The van der Waals surface area contributed by atoms with Crippen molar-refractivity contribution in [1.29, 1.82) is 0 Å². The molecule has 0 fully saturated rings. The van der Waals surface area contributed by atoms with Crippen LogP contribution in [-0.2, 0) is 10.2 Å². The van der Waals surface area contributed by atoms with Gasteiger partial charge in [-0.15, -0.1) is 0 Å². The van der Waals surface area contributed by atoms with Crippen molar-refractivity contribution >= 4 is 5.57 Å². The van der Waals surface area contributed by atoms with Gasteiger partial charge >= 0.3 is 0 Å². The molecule has 0 saturated carbocycles. The van der Waals surface area contributed by atoms with Crippen molar-refractivity contribution in [1.82, 2.24) is 4.98 Å². The second-order valence-electron chi connectivity index (χ2n) is 10.1. The topological polar surface area (TPSA) is 22.1 Å². The van der Waals surface area contributed by atoms with Crippen molar-refractivity contribution in [3.63, 3.8) is 0 Å². The van der Waals surface area contributed by atoms with Gasteiger partial charge in [-0.3, -0.25) is 4.98 Å². The standard InChI is InChI=1S/C34H25NO/c1-3-11-22(12-4-1)34(23-13-5-2-6-14-23)28-17-10-20-35-33(28)27-21-26-24-15-7-8-18-29(24)36-30-19-9-16-25(31(26)30)32(27)34/h1-7,9-15,17,19-21,25H,8,16,18H2. The minimum atomic E-state index is -0.408. The largest absolute Gasteiger partial charge is 0.461 e. The highest BCUT2D eigenvalue weighted by Crippen LogP contribution is 2.62. The number of nitrogens with zero attached hydrogens (tertiary/aromatic N) is 1. The van der Waals surface area contributed by atoms with Crippen molar-refractivity contribution in [2.24, 2.45) is 5.92 Å². The van der Waals surface area contributed by atoms with Crippen molar-refractivity contribution in [3.05, 3.63) is 166 Å². The third-order valence-corrected chi connectivity index (χ3v) is 8.40. The Bertz CT molecular complexity index is 1570. The van der Waals surface area contributed by atoms with Gasteiger partial charge in [-0.05, 0) is 58.9 Å². The maximum Gasteiger partial charge on any atom is 0.131 e. The molecule has 2 aromatic carbocycles. The Balaban J connectivity index is 1.52. The summed E-state index contributed by atoms with van der Waals surface area (Å²) in [6, 6.07) is 26.4. The molecular weight excluding hydrogens is 438 g/mol. The van der Waals surface area contributed by atoms with E-state index in [1.807, 2.05) is 6.20 Å². The minimum absolute atomic E-state index is 0.221. The van der Waals surface area contributed by atoms with Gasteiger partial charge in [0.25, 0.3) is 0 Å². The Morgan fingerprint density at radius 2 is 1.58 bits per heavy atom. The van der Waals surface area contributed by atoms with Crippen molar-refractivity contribution in [2.75, 3.05) is 0 Å². The molecule has 2 heterocycles. The fraction of sp³-hybridized carbons (Fsp3) is 0.147. The lowest BCUT2D eigenvalue weighted by Gasteiger charge is -2.43. The summed E-state index contributed by atoms with van der Waals surface area (Å²) < 4.78 is 6.58. The molecule has 0 radical (unpaired) electrons. The third kappa shape index (κ3) is 2.49. The summed E-state index contributed by atoms with van der Waals surface area (Å²) in [4.78, 5) is 5.04. The van der Waals surface area contributed by atoms with E-state index >= 15 is 0 Å². The number of pyridine rings is 1. The Morgan fingerprint density at radius 3 is 2.36 bits per heavy atom. The molecule has 2 heteroatoms. The molecule has 1 aromatic heterocycles. The number of hydrogen-bond donors (Lipinski definition) is 0. The number of rotatable bonds is 2. The third-order valence-electron chi connectivity index (χ3n) is 8.40. The van der Waals surface area contributed by atoms with Crippen molar-refractivity contribution < 1.29 is 4.74 Å². The minimum Gasteiger partial charge on any atom is -0.461 e. The maximum atomic E-state index is 6.58. The fourth-order valence-electron chi connectivity index (χ4n) is 7.09. The number of hydrogen-bond acceptors (Lipinski definition) is 2. The number of fused-ring (bicyclic) bond motifs is 4. The lowest BCUT2D eigenvalue weighted by molar-refractivity contribution is 0.283. The van der Waals surface area contributed by atoms with Crippen LogP contribution in [0.2, 0.25) is 0 Å². The van der Waals surface area contributed by atoms with Gasteiger partial charge < -0.3 is 4.74 Å². The summed E-state index contributed by atoms with van der Waals surface area (Å²) >= 11 is 0. The number of ether oxygens (including phenoxy) is 1. The van der Waals surface area contributed by atoms with Gasteiger partial charge in [-0.25, -0.2) is 0 Å². The first-order valence-corrected chi connectivity index (χ1v) is 12.9. The van der Waals surface area contributed by atoms with Crippen LogP contribution in [0, 0.1) is 5.92 Å². The van der Waals surface area contributed by atoms with E-state index in [0.717, 1.165) is 36.5 Å². The Labute approximate surface area is 211 Å². The number of aromatic nitrogens is 1. The molecule has 4 aliphatic carbocycles. The molecule has 5 aliphatic rings. The molecular formula is C34H25NO. The summed E-state index contributed by atoms with van der Waals surface area (Å²) in [5.74, 6) is 2.35. The van der Waals surface area contributed by atoms with Crippen molar-refractivity contribution in [2.45, 2.75) is 24.7 Å². The van der Waals surface area contributed by atoms with Crippen LogP contribution in [0.15, 0.2) is 143 Å². The monoisotopic (exact) mass is 463 g/mol. The smallest absolute Gasteiger partial charge is 0.131 e. The van der Waals surface area contributed by atoms with E-state index in [4.69, 9.17) is 9.72 Å². The van der Waals surface area contributed by atoms with Crippen LogP contribution < -0.4 is 0 Å². The molecule has 0 bridgehead atoms. The molecule has 3 aromatic rings. The Kier molecular flexibility index (Phi) is 4.13. The Hall–Kier alpha value is -4.17. The SMILES string of the molecule is C1=CC2=C(CC1)OC1=C3C2=CC2=C(C3CC=C1)C(c1ccccc1)(c1ccccc1)c1cccnc12. The van der Waals surface area contributed by atoms with Gasteiger partial charge in [0.2, 0.25) is 0 Å². The zero-order chi connectivity index (χ0) is 23.7.